The molecular weight excluding hydrogens is 316 g/mol. The summed E-state index contributed by atoms with van der Waals surface area (Å²) in [5, 5.41) is 0. The van der Waals surface area contributed by atoms with Crippen molar-refractivity contribution in [3.05, 3.63) is 54.1 Å². The number of hydrogen-bond acceptors (Lipinski definition) is 1. The average Bonchev–Trinajstić information content (AvgIpc) is 2.69. The van der Waals surface area contributed by atoms with Crippen molar-refractivity contribution < 1.29 is 4.74 Å². The van der Waals surface area contributed by atoms with Crippen LogP contribution in [0.15, 0.2) is 48.5 Å². The third kappa shape index (κ3) is 3.82. The molecule has 2 aliphatic rings. The van der Waals surface area contributed by atoms with E-state index in [0.717, 1.165) is 36.0 Å². The third-order valence-electron chi connectivity index (χ3n) is 6.76. The van der Waals surface area contributed by atoms with E-state index in [-0.39, 0.29) is 0 Å². The summed E-state index contributed by atoms with van der Waals surface area (Å²) >= 11 is 0. The molecule has 0 heterocycles. The van der Waals surface area contributed by atoms with E-state index in [1.54, 1.807) is 5.56 Å². The Morgan fingerprint density at radius 2 is 1.38 bits per heavy atom. The Balaban J connectivity index is 1.43. The molecule has 2 fully saturated rings. The van der Waals surface area contributed by atoms with E-state index in [4.69, 9.17) is 4.74 Å². The number of hydrogen-bond donors (Lipinski definition) is 0. The summed E-state index contributed by atoms with van der Waals surface area (Å²) < 4.78 is 5.55. The van der Waals surface area contributed by atoms with Crippen molar-refractivity contribution in [2.24, 2.45) is 17.8 Å². The van der Waals surface area contributed by atoms with Gasteiger partial charge in [-0.3, -0.25) is 0 Å². The molecule has 0 amide bonds. The molecular formula is C25H32O. The number of benzene rings is 2. The summed E-state index contributed by atoms with van der Waals surface area (Å²) in [7, 11) is 0. The SMILES string of the molecule is CCOc1ccc(-c2ccc([C@@H]3CC[C@@H]4CC(C)CC[C@@H]4C3)cc2)cc1. The molecule has 4 atom stereocenters. The fourth-order valence-electron chi connectivity index (χ4n) is 5.28. The van der Waals surface area contributed by atoms with Gasteiger partial charge in [-0.25, -0.2) is 0 Å². The first kappa shape index (κ1) is 17.6. The topological polar surface area (TPSA) is 9.23 Å². The lowest BCUT2D eigenvalue weighted by molar-refractivity contribution is 0.124. The van der Waals surface area contributed by atoms with Crippen molar-refractivity contribution in [1.29, 1.82) is 0 Å². The third-order valence-corrected chi connectivity index (χ3v) is 6.76. The maximum absolute atomic E-state index is 5.55. The zero-order valence-electron chi connectivity index (χ0n) is 16.3. The van der Waals surface area contributed by atoms with Gasteiger partial charge in [0, 0.05) is 0 Å². The molecule has 0 bridgehead atoms. The van der Waals surface area contributed by atoms with E-state index >= 15 is 0 Å². The predicted octanol–water partition coefficient (Wildman–Crippen LogP) is 7.07. The molecule has 1 unspecified atom stereocenters. The molecule has 0 radical (unpaired) electrons. The van der Waals surface area contributed by atoms with E-state index in [1.807, 2.05) is 6.92 Å². The Labute approximate surface area is 158 Å². The highest BCUT2D eigenvalue weighted by Gasteiger charge is 2.34. The van der Waals surface area contributed by atoms with Gasteiger partial charge < -0.3 is 4.74 Å². The van der Waals surface area contributed by atoms with Crippen LogP contribution in [0.1, 0.15) is 63.9 Å². The maximum Gasteiger partial charge on any atom is 0.119 e. The van der Waals surface area contributed by atoms with Gasteiger partial charge in [-0.05, 0) is 91.5 Å². The van der Waals surface area contributed by atoms with Crippen molar-refractivity contribution in [2.75, 3.05) is 6.61 Å². The largest absolute Gasteiger partial charge is 0.494 e. The van der Waals surface area contributed by atoms with Crippen LogP contribution >= 0.6 is 0 Å². The molecule has 2 aromatic rings. The first-order valence-corrected chi connectivity index (χ1v) is 10.6. The van der Waals surface area contributed by atoms with Gasteiger partial charge in [0.25, 0.3) is 0 Å². The van der Waals surface area contributed by atoms with Gasteiger partial charge in [-0.15, -0.1) is 0 Å². The molecule has 4 rings (SSSR count). The molecule has 26 heavy (non-hydrogen) atoms. The normalized spacial score (nSPS) is 28.4. The van der Waals surface area contributed by atoms with Gasteiger partial charge in [-0.2, -0.15) is 0 Å². The first-order valence-electron chi connectivity index (χ1n) is 10.6. The first-order chi connectivity index (χ1) is 12.7. The summed E-state index contributed by atoms with van der Waals surface area (Å²) in [5.74, 6) is 4.68. The quantitative estimate of drug-likeness (QED) is 0.574. The van der Waals surface area contributed by atoms with Crippen molar-refractivity contribution >= 4 is 0 Å². The van der Waals surface area contributed by atoms with E-state index in [9.17, 15) is 0 Å². The van der Waals surface area contributed by atoms with Crippen LogP contribution in [0.25, 0.3) is 11.1 Å². The second kappa shape index (κ2) is 7.86. The minimum absolute atomic E-state index is 0.718. The molecule has 2 aromatic carbocycles. The molecule has 1 nitrogen and oxygen atoms in total. The minimum Gasteiger partial charge on any atom is -0.494 e. The van der Waals surface area contributed by atoms with Crippen LogP contribution in [0.3, 0.4) is 0 Å². The van der Waals surface area contributed by atoms with Crippen molar-refractivity contribution in [2.45, 2.75) is 58.3 Å². The lowest BCUT2D eigenvalue weighted by Gasteiger charge is -2.41. The Kier molecular flexibility index (Phi) is 5.33. The fourth-order valence-corrected chi connectivity index (χ4v) is 5.28. The zero-order valence-corrected chi connectivity index (χ0v) is 16.3. The van der Waals surface area contributed by atoms with Gasteiger partial charge in [-0.1, -0.05) is 49.7 Å². The van der Waals surface area contributed by atoms with Crippen molar-refractivity contribution in [3.63, 3.8) is 0 Å². The monoisotopic (exact) mass is 348 g/mol. The van der Waals surface area contributed by atoms with E-state index in [2.05, 4.69) is 55.5 Å². The minimum atomic E-state index is 0.718. The summed E-state index contributed by atoms with van der Waals surface area (Å²) in [6, 6.07) is 17.8. The van der Waals surface area contributed by atoms with Crippen LogP contribution in [0, 0.1) is 17.8 Å². The van der Waals surface area contributed by atoms with Crippen LogP contribution in [0.4, 0.5) is 0 Å². The van der Waals surface area contributed by atoms with Crippen LogP contribution in [-0.2, 0) is 0 Å². The molecule has 1 heteroatoms. The second-order valence-electron chi connectivity index (χ2n) is 8.53. The van der Waals surface area contributed by atoms with E-state index < -0.39 is 0 Å². The summed E-state index contributed by atoms with van der Waals surface area (Å²) in [5.41, 5.74) is 4.12. The van der Waals surface area contributed by atoms with E-state index in [0.29, 0.717) is 0 Å². The van der Waals surface area contributed by atoms with Crippen molar-refractivity contribution in [3.8, 4) is 16.9 Å². The summed E-state index contributed by atoms with van der Waals surface area (Å²) in [6.07, 6.45) is 8.64. The summed E-state index contributed by atoms with van der Waals surface area (Å²) in [6.45, 7) is 5.19. The van der Waals surface area contributed by atoms with Crippen LogP contribution in [0.5, 0.6) is 5.75 Å². The van der Waals surface area contributed by atoms with Crippen molar-refractivity contribution in [1.82, 2.24) is 0 Å². The molecule has 2 saturated carbocycles. The predicted molar refractivity (Wildman–Crippen MR) is 110 cm³/mol. The maximum atomic E-state index is 5.55. The molecule has 0 aromatic heterocycles. The van der Waals surface area contributed by atoms with Gasteiger partial charge in [0.05, 0.1) is 6.61 Å². The smallest absolute Gasteiger partial charge is 0.119 e. The molecule has 0 N–H and O–H groups in total. The van der Waals surface area contributed by atoms with Gasteiger partial charge in [0.2, 0.25) is 0 Å². The molecule has 2 aliphatic carbocycles. The van der Waals surface area contributed by atoms with Crippen LogP contribution in [0.2, 0.25) is 0 Å². The molecule has 0 saturated heterocycles. The highest BCUT2D eigenvalue weighted by atomic mass is 16.5. The highest BCUT2D eigenvalue weighted by Crippen LogP contribution is 2.47. The molecule has 138 valence electrons. The summed E-state index contributed by atoms with van der Waals surface area (Å²) in [4.78, 5) is 0. The Bertz CT molecular complexity index is 700. The fraction of sp³-hybridized carbons (Fsp3) is 0.520. The number of ether oxygens (including phenoxy) is 1. The Hall–Kier alpha value is -1.76. The van der Waals surface area contributed by atoms with Gasteiger partial charge in [0.15, 0.2) is 0 Å². The molecule has 0 aliphatic heterocycles. The Morgan fingerprint density at radius 1 is 0.769 bits per heavy atom. The van der Waals surface area contributed by atoms with Gasteiger partial charge >= 0.3 is 0 Å². The second-order valence-corrected chi connectivity index (χ2v) is 8.53. The number of fused-ring (bicyclic) bond motifs is 1. The molecule has 0 spiro atoms. The highest BCUT2D eigenvalue weighted by molar-refractivity contribution is 5.64. The van der Waals surface area contributed by atoms with Gasteiger partial charge in [0.1, 0.15) is 5.75 Å². The lowest BCUT2D eigenvalue weighted by Crippen LogP contribution is -2.29. The van der Waals surface area contributed by atoms with Crippen LogP contribution in [-0.4, -0.2) is 6.61 Å². The Morgan fingerprint density at radius 3 is 2.08 bits per heavy atom. The van der Waals surface area contributed by atoms with Crippen LogP contribution < -0.4 is 4.74 Å². The van der Waals surface area contributed by atoms with E-state index in [1.165, 1.54) is 49.7 Å². The standard InChI is InChI=1S/C25H32O/c1-3-26-25-14-12-20(13-15-25)19-6-8-21(9-7-19)23-11-10-22-16-18(2)4-5-24(22)17-23/h6-9,12-15,18,22-24H,3-5,10-11,16-17H2,1-2H3/t18?,22-,23-,24-/m1/s1. The average molecular weight is 349 g/mol. The lowest BCUT2D eigenvalue weighted by atomic mass is 9.64. The number of rotatable bonds is 4. The zero-order chi connectivity index (χ0) is 17.9.